The van der Waals surface area contributed by atoms with Crippen molar-refractivity contribution >= 4 is 6.29 Å². The monoisotopic (exact) mass is 230 g/mol. The standard InChI is InChI=1S/C14H11FO2/c1-17-13-4-2-3-10(7-13)14-8-12(15)6-5-11(14)9-16/h2-9H,1H3. The summed E-state index contributed by atoms with van der Waals surface area (Å²) in [5.74, 6) is 0.303. The van der Waals surface area contributed by atoms with Gasteiger partial charge in [-0.2, -0.15) is 0 Å². The van der Waals surface area contributed by atoms with Gasteiger partial charge < -0.3 is 4.74 Å². The normalized spacial score (nSPS) is 10.0. The van der Waals surface area contributed by atoms with E-state index in [-0.39, 0.29) is 5.82 Å². The van der Waals surface area contributed by atoms with Crippen molar-refractivity contribution in [3.05, 3.63) is 53.8 Å². The van der Waals surface area contributed by atoms with Crippen LogP contribution in [0.1, 0.15) is 10.4 Å². The lowest BCUT2D eigenvalue weighted by Crippen LogP contribution is -1.90. The molecule has 0 aromatic heterocycles. The minimum absolute atomic E-state index is 0.367. The third kappa shape index (κ3) is 2.33. The molecule has 0 aliphatic carbocycles. The van der Waals surface area contributed by atoms with E-state index < -0.39 is 0 Å². The van der Waals surface area contributed by atoms with Crippen molar-refractivity contribution in [2.24, 2.45) is 0 Å². The number of carbonyl (C=O) groups is 1. The minimum Gasteiger partial charge on any atom is -0.497 e. The largest absolute Gasteiger partial charge is 0.497 e. The molecule has 0 aliphatic rings. The van der Waals surface area contributed by atoms with Crippen molar-refractivity contribution in [1.29, 1.82) is 0 Å². The highest BCUT2D eigenvalue weighted by atomic mass is 19.1. The Morgan fingerprint density at radius 3 is 2.71 bits per heavy atom. The maximum absolute atomic E-state index is 13.2. The molecule has 0 bridgehead atoms. The second kappa shape index (κ2) is 4.78. The van der Waals surface area contributed by atoms with Crippen LogP contribution in [0.3, 0.4) is 0 Å². The van der Waals surface area contributed by atoms with Crippen LogP contribution in [0.25, 0.3) is 11.1 Å². The highest BCUT2D eigenvalue weighted by Gasteiger charge is 2.06. The maximum Gasteiger partial charge on any atom is 0.150 e. The molecule has 0 atom stereocenters. The number of methoxy groups -OCH3 is 1. The number of aldehydes is 1. The van der Waals surface area contributed by atoms with Gasteiger partial charge >= 0.3 is 0 Å². The Balaban J connectivity index is 2.58. The summed E-state index contributed by atoms with van der Waals surface area (Å²) >= 11 is 0. The van der Waals surface area contributed by atoms with Gasteiger partial charge in [-0.15, -0.1) is 0 Å². The van der Waals surface area contributed by atoms with Gasteiger partial charge in [-0.25, -0.2) is 4.39 Å². The molecule has 0 unspecified atom stereocenters. The lowest BCUT2D eigenvalue weighted by Gasteiger charge is -2.07. The molecule has 0 aliphatic heterocycles. The Hall–Kier alpha value is -2.16. The highest BCUT2D eigenvalue weighted by molar-refractivity contribution is 5.87. The number of rotatable bonds is 3. The molecule has 86 valence electrons. The first-order valence-corrected chi connectivity index (χ1v) is 5.14. The molecule has 0 radical (unpaired) electrons. The predicted molar refractivity (Wildman–Crippen MR) is 63.8 cm³/mol. The second-order valence-electron chi connectivity index (χ2n) is 3.58. The fourth-order valence-corrected chi connectivity index (χ4v) is 1.67. The number of halogens is 1. The molecule has 3 heteroatoms. The van der Waals surface area contributed by atoms with Gasteiger partial charge in [0.1, 0.15) is 11.6 Å². The van der Waals surface area contributed by atoms with Crippen molar-refractivity contribution in [3.8, 4) is 16.9 Å². The quantitative estimate of drug-likeness (QED) is 0.756. The molecule has 0 saturated heterocycles. The third-order valence-corrected chi connectivity index (χ3v) is 2.52. The second-order valence-corrected chi connectivity index (χ2v) is 3.58. The summed E-state index contributed by atoms with van der Waals surface area (Å²) in [6.45, 7) is 0. The van der Waals surface area contributed by atoms with Crippen molar-refractivity contribution in [2.75, 3.05) is 7.11 Å². The first-order valence-electron chi connectivity index (χ1n) is 5.14. The van der Waals surface area contributed by atoms with Gasteiger partial charge in [0, 0.05) is 5.56 Å². The van der Waals surface area contributed by atoms with Gasteiger partial charge in [-0.1, -0.05) is 12.1 Å². The molecule has 17 heavy (non-hydrogen) atoms. The molecule has 2 nitrogen and oxygen atoms in total. The van der Waals surface area contributed by atoms with Crippen LogP contribution < -0.4 is 4.74 Å². The summed E-state index contributed by atoms with van der Waals surface area (Å²) in [5, 5.41) is 0. The molecule has 2 rings (SSSR count). The summed E-state index contributed by atoms with van der Waals surface area (Å²) in [7, 11) is 1.56. The summed E-state index contributed by atoms with van der Waals surface area (Å²) in [4.78, 5) is 10.9. The Morgan fingerprint density at radius 1 is 1.18 bits per heavy atom. The number of benzene rings is 2. The number of ether oxygens (including phenoxy) is 1. The molecule has 2 aromatic carbocycles. The Labute approximate surface area is 98.7 Å². The van der Waals surface area contributed by atoms with Crippen LogP contribution in [0.2, 0.25) is 0 Å². The lowest BCUT2D eigenvalue weighted by atomic mass is 10.00. The van der Waals surface area contributed by atoms with E-state index in [0.29, 0.717) is 23.2 Å². The fourth-order valence-electron chi connectivity index (χ4n) is 1.67. The van der Waals surface area contributed by atoms with Gasteiger partial charge in [0.05, 0.1) is 7.11 Å². The zero-order chi connectivity index (χ0) is 12.3. The lowest BCUT2D eigenvalue weighted by molar-refractivity contribution is 0.112. The number of carbonyl (C=O) groups excluding carboxylic acids is 1. The number of hydrogen-bond donors (Lipinski definition) is 0. The average molecular weight is 230 g/mol. The summed E-state index contributed by atoms with van der Waals surface area (Å²) in [5.41, 5.74) is 1.78. The van der Waals surface area contributed by atoms with Gasteiger partial charge in [0.25, 0.3) is 0 Å². The minimum atomic E-state index is -0.367. The van der Waals surface area contributed by atoms with Crippen LogP contribution in [0.5, 0.6) is 5.75 Å². The molecular formula is C14H11FO2. The third-order valence-electron chi connectivity index (χ3n) is 2.52. The van der Waals surface area contributed by atoms with Crippen LogP contribution in [0.15, 0.2) is 42.5 Å². The van der Waals surface area contributed by atoms with Crippen molar-refractivity contribution in [1.82, 2.24) is 0 Å². The van der Waals surface area contributed by atoms with E-state index in [9.17, 15) is 9.18 Å². The van der Waals surface area contributed by atoms with Gasteiger partial charge in [0.15, 0.2) is 6.29 Å². The van der Waals surface area contributed by atoms with Crippen molar-refractivity contribution < 1.29 is 13.9 Å². The summed E-state index contributed by atoms with van der Waals surface area (Å²) in [6.07, 6.45) is 0.717. The molecule has 0 amide bonds. The van der Waals surface area contributed by atoms with E-state index in [1.54, 1.807) is 25.3 Å². The first-order chi connectivity index (χ1) is 8.24. The Morgan fingerprint density at radius 2 is 2.00 bits per heavy atom. The van der Waals surface area contributed by atoms with Gasteiger partial charge in [-0.05, 0) is 41.5 Å². The van der Waals surface area contributed by atoms with E-state index in [2.05, 4.69) is 0 Å². The van der Waals surface area contributed by atoms with Crippen molar-refractivity contribution in [2.45, 2.75) is 0 Å². The van der Waals surface area contributed by atoms with Crippen molar-refractivity contribution in [3.63, 3.8) is 0 Å². The molecule has 0 fully saturated rings. The van der Waals surface area contributed by atoms with Crippen LogP contribution in [-0.4, -0.2) is 13.4 Å². The van der Waals surface area contributed by atoms with E-state index in [1.165, 1.54) is 18.2 Å². The van der Waals surface area contributed by atoms with Crippen LogP contribution in [-0.2, 0) is 0 Å². The molecular weight excluding hydrogens is 219 g/mol. The van der Waals surface area contributed by atoms with E-state index in [4.69, 9.17) is 4.74 Å². The van der Waals surface area contributed by atoms with Crippen LogP contribution in [0, 0.1) is 5.82 Å². The Kier molecular flexibility index (Phi) is 3.19. The zero-order valence-corrected chi connectivity index (χ0v) is 9.31. The molecule has 0 heterocycles. The predicted octanol–water partition coefficient (Wildman–Crippen LogP) is 3.31. The van der Waals surface area contributed by atoms with E-state index in [0.717, 1.165) is 5.56 Å². The topological polar surface area (TPSA) is 26.3 Å². The first kappa shape index (κ1) is 11.3. The van der Waals surface area contributed by atoms with E-state index >= 15 is 0 Å². The fraction of sp³-hybridized carbons (Fsp3) is 0.0714. The zero-order valence-electron chi connectivity index (χ0n) is 9.31. The van der Waals surface area contributed by atoms with E-state index in [1.807, 2.05) is 6.07 Å². The van der Waals surface area contributed by atoms with Crippen LogP contribution in [0.4, 0.5) is 4.39 Å². The highest BCUT2D eigenvalue weighted by Crippen LogP contribution is 2.26. The summed E-state index contributed by atoms with van der Waals surface area (Å²) in [6, 6.07) is 11.3. The Bertz CT molecular complexity index is 550. The maximum atomic E-state index is 13.2. The number of hydrogen-bond acceptors (Lipinski definition) is 2. The SMILES string of the molecule is COc1cccc(-c2cc(F)ccc2C=O)c1. The molecule has 0 saturated carbocycles. The molecule has 0 spiro atoms. The summed E-state index contributed by atoms with van der Waals surface area (Å²) < 4.78 is 18.3. The average Bonchev–Trinajstić information content (AvgIpc) is 2.39. The smallest absolute Gasteiger partial charge is 0.150 e. The molecule has 0 N–H and O–H groups in total. The van der Waals surface area contributed by atoms with Gasteiger partial charge in [0.2, 0.25) is 0 Å². The van der Waals surface area contributed by atoms with Crippen LogP contribution >= 0.6 is 0 Å². The molecule has 2 aromatic rings. The van der Waals surface area contributed by atoms with Gasteiger partial charge in [-0.3, -0.25) is 4.79 Å².